The van der Waals surface area contributed by atoms with E-state index in [9.17, 15) is 9.90 Å². The van der Waals surface area contributed by atoms with Crippen LogP contribution in [0.25, 0.3) is 0 Å². The van der Waals surface area contributed by atoms with Crippen LogP contribution in [0.15, 0.2) is 12.1 Å². The van der Waals surface area contributed by atoms with Crippen LogP contribution in [-0.4, -0.2) is 29.4 Å². The Bertz CT molecular complexity index is 622. The van der Waals surface area contributed by atoms with Gasteiger partial charge in [-0.25, -0.2) is 4.79 Å². The summed E-state index contributed by atoms with van der Waals surface area (Å²) < 4.78 is 5.29. The van der Waals surface area contributed by atoms with E-state index in [-0.39, 0.29) is 12.1 Å². The molecule has 0 saturated heterocycles. The number of phenolic OH excluding ortho intramolecular Hbond substituents is 1. The Morgan fingerprint density at radius 3 is 2.64 bits per heavy atom. The first kappa shape index (κ1) is 19.6. The summed E-state index contributed by atoms with van der Waals surface area (Å²) in [4.78, 5) is 11.9. The summed E-state index contributed by atoms with van der Waals surface area (Å²) in [5.41, 5.74) is 3.00. The van der Waals surface area contributed by atoms with Crippen molar-refractivity contribution >= 4 is 6.09 Å². The van der Waals surface area contributed by atoms with Crippen LogP contribution in [0, 0.1) is 6.92 Å². The number of ether oxygens (including phenoxy) is 1. The van der Waals surface area contributed by atoms with Gasteiger partial charge in [0, 0.05) is 24.2 Å². The van der Waals surface area contributed by atoms with Crippen LogP contribution in [0.3, 0.4) is 0 Å². The van der Waals surface area contributed by atoms with Crippen LogP contribution in [0.5, 0.6) is 5.75 Å². The van der Waals surface area contributed by atoms with E-state index in [2.05, 4.69) is 31.4 Å². The van der Waals surface area contributed by atoms with Crippen LogP contribution in [0.1, 0.15) is 76.1 Å². The molecular formula is C20H32N2O3. The van der Waals surface area contributed by atoms with E-state index in [4.69, 9.17) is 4.74 Å². The lowest BCUT2D eigenvalue weighted by Crippen LogP contribution is -2.43. The van der Waals surface area contributed by atoms with Crippen molar-refractivity contribution in [2.24, 2.45) is 0 Å². The van der Waals surface area contributed by atoms with Gasteiger partial charge in [-0.2, -0.15) is 0 Å². The fraction of sp³-hybridized carbons (Fsp3) is 0.650. The highest BCUT2D eigenvalue weighted by molar-refractivity contribution is 5.67. The number of benzene rings is 1. The van der Waals surface area contributed by atoms with Gasteiger partial charge in [0.05, 0.1) is 0 Å². The van der Waals surface area contributed by atoms with E-state index >= 15 is 0 Å². The van der Waals surface area contributed by atoms with Gasteiger partial charge in [0.25, 0.3) is 0 Å². The number of fused-ring (bicyclic) bond motifs is 1. The third kappa shape index (κ3) is 4.88. The molecule has 5 nitrogen and oxygen atoms in total. The van der Waals surface area contributed by atoms with E-state index < -0.39 is 11.7 Å². The molecule has 0 radical (unpaired) electrons. The molecule has 25 heavy (non-hydrogen) atoms. The second-order valence-corrected chi connectivity index (χ2v) is 8.07. The summed E-state index contributed by atoms with van der Waals surface area (Å²) in [5.74, 6) is 0.772. The molecule has 3 atom stereocenters. The smallest absolute Gasteiger partial charge is 0.407 e. The van der Waals surface area contributed by atoms with Crippen LogP contribution in [-0.2, 0) is 4.74 Å². The summed E-state index contributed by atoms with van der Waals surface area (Å²) in [6.45, 7) is 12.4. The van der Waals surface area contributed by atoms with Gasteiger partial charge in [-0.3, -0.25) is 0 Å². The zero-order valence-corrected chi connectivity index (χ0v) is 16.3. The van der Waals surface area contributed by atoms with E-state index in [0.717, 1.165) is 18.4 Å². The van der Waals surface area contributed by atoms with Crippen molar-refractivity contribution in [1.29, 1.82) is 0 Å². The third-order valence-corrected chi connectivity index (χ3v) is 4.73. The topological polar surface area (TPSA) is 70.6 Å². The maximum absolute atomic E-state index is 11.9. The molecule has 2 rings (SSSR count). The van der Waals surface area contributed by atoms with Crippen LogP contribution < -0.4 is 10.6 Å². The molecule has 1 aliphatic carbocycles. The van der Waals surface area contributed by atoms with Gasteiger partial charge in [0.1, 0.15) is 11.4 Å². The van der Waals surface area contributed by atoms with Crippen molar-refractivity contribution in [2.75, 3.05) is 6.54 Å². The van der Waals surface area contributed by atoms with Gasteiger partial charge in [0.2, 0.25) is 0 Å². The van der Waals surface area contributed by atoms with E-state index in [1.54, 1.807) is 6.07 Å². The highest BCUT2D eigenvalue weighted by Gasteiger charge is 2.33. The Morgan fingerprint density at radius 2 is 2.04 bits per heavy atom. The van der Waals surface area contributed by atoms with E-state index in [1.165, 1.54) is 11.1 Å². The minimum atomic E-state index is -0.498. The Morgan fingerprint density at radius 1 is 1.36 bits per heavy atom. The minimum Gasteiger partial charge on any atom is -0.508 e. The number of hydrogen-bond acceptors (Lipinski definition) is 4. The zero-order valence-electron chi connectivity index (χ0n) is 16.3. The zero-order chi connectivity index (χ0) is 18.8. The molecule has 5 heteroatoms. The van der Waals surface area contributed by atoms with Gasteiger partial charge in [-0.15, -0.1) is 0 Å². The summed E-state index contributed by atoms with van der Waals surface area (Å²) in [6.07, 6.45) is 1.44. The highest BCUT2D eigenvalue weighted by atomic mass is 16.6. The molecule has 1 amide bonds. The van der Waals surface area contributed by atoms with Crippen molar-refractivity contribution in [3.63, 3.8) is 0 Å². The van der Waals surface area contributed by atoms with Gasteiger partial charge in [0.15, 0.2) is 0 Å². The van der Waals surface area contributed by atoms with Crippen molar-refractivity contribution in [3.05, 3.63) is 28.8 Å². The number of phenols is 1. The summed E-state index contributed by atoms with van der Waals surface area (Å²) >= 11 is 0. The largest absolute Gasteiger partial charge is 0.508 e. The maximum Gasteiger partial charge on any atom is 0.407 e. The minimum absolute atomic E-state index is 0.107. The number of aromatic hydroxyl groups is 1. The van der Waals surface area contributed by atoms with Gasteiger partial charge in [-0.1, -0.05) is 19.9 Å². The molecule has 0 aromatic heterocycles. The van der Waals surface area contributed by atoms with Crippen LogP contribution in [0.2, 0.25) is 0 Å². The van der Waals surface area contributed by atoms with E-state index in [0.29, 0.717) is 18.2 Å². The first-order valence-electron chi connectivity index (χ1n) is 9.17. The Balaban J connectivity index is 2.02. The normalized spacial score (nSPS) is 20.9. The number of amides is 1. The average molecular weight is 348 g/mol. The molecule has 3 N–H and O–H groups in total. The predicted octanol–water partition coefficient (Wildman–Crippen LogP) is 4.14. The van der Waals surface area contributed by atoms with Crippen molar-refractivity contribution in [1.82, 2.24) is 10.6 Å². The lowest BCUT2D eigenvalue weighted by molar-refractivity contribution is 0.0521. The molecule has 0 spiro atoms. The first-order valence-corrected chi connectivity index (χ1v) is 9.17. The second-order valence-electron chi connectivity index (χ2n) is 8.07. The Hall–Kier alpha value is -1.75. The molecule has 1 aromatic carbocycles. The molecule has 0 saturated carbocycles. The highest BCUT2D eigenvalue weighted by Crippen LogP contribution is 2.46. The summed E-state index contributed by atoms with van der Waals surface area (Å²) in [7, 11) is 0. The molecular weight excluding hydrogens is 316 g/mol. The van der Waals surface area contributed by atoms with Crippen molar-refractivity contribution in [2.45, 2.75) is 78.0 Å². The number of carbonyl (C=O) groups is 1. The Labute approximate surface area is 151 Å². The Kier molecular flexibility index (Phi) is 5.99. The number of carbonyl (C=O) groups excluding carboxylic acids is 1. The lowest BCUT2D eigenvalue weighted by Gasteiger charge is -2.25. The molecule has 140 valence electrons. The molecule has 0 aliphatic heterocycles. The number of alkyl carbamates (subject to hydrolysis) is 1. The quantitative estimate of drug-likeness (QED) is 0.748. The summed E-state index contributed by atoms with van der Waals surface area (Å²) in [5, 5.41) is 16.8. The molecule has 0 heterocycles. The molecule has 1 aliphatic rings. The van der Waals surface area contributed by atoms with Crippen LogP contribution >= 0.6 is 0 Å². The fourth-order valence-corrected chi connectivity index (χ4v) is 3.62. The molecule has 0 fully saturated rings. The standard InChI is InChI=1S/C20H32N2O3/c1-7-14(11-21-19(24)25-20(4,5)6)22-15-10-13(3)17-12(2)8-9-16(23)18(15)17/h8-9,13-15,22-23H,7,10-11H2,1-6H3,(H,21,24). The van der Waals surface area contributed by atoms with Gasteiger partial charge < -0.3 is 20.5 Å². The molecule has 1 aromatic rings. The molecule has 3 unspecified atom stereocenters. The second kappa shape index (κ2) is 7.65. The van der Waals surface area contributed by atoms with Crippen molar-refractivity contribution < 1.29 is 14.6 Å². The number of aryl methyl sites for hydroxylation is 1. The van der Waals surface area contributed by atoms with Gasteiger partial charge in [-0.05, 0) is 63.6 Å². The monoisotopic (exact) mass is 348 g/mol. The van der Waals surface area contributed by atoms with Crippen LogP contribution in [0.4, 0.5) is 4.79 Å². The number of hydrogen-bond donors (Lipinski definition) is 3. The number of nitrogens with one attached hydrogen (secondary N) is 2. The summed E-state index contributed by atoms with van der Waals surface area (Å²) in [6, 6.07) is 3.99. The average Bonchev–Trinajstić information content (AvgIpc) is 2.83. The number of rotatable bonds is 5. The predicted molar refractivity (Wildman–Crippen MR) is 100 cm³/mol. The fourth-order valence-electron chi connectivity index (χ4n) is 3.62. The first-order chi connectivity index (χ1) is 11.6. The van der Waals surface area contributed by atoms with Gasteiger partial charge >= 0.3 is 6.09 Å². The third-order valence-electron chi connectivity index (χ3n) is 4.73. The van der Waals surface area contributed by atoms with E-state index in [1.807, 2.05) is 26.8 Å². The molecule has 0 bridgehead atoms. The maximum atomic E-state index is 11.9. The van der Waals surface area contributed by atoms with Crippen molar-refractivity contribution in [3.8, 4) is 5.75 Å². The lowest BCUT2D eigenvalue weighted by atomic mass is 9.97. The SMILES string of the molecule is CCC(CNC(=O)OC(C)(C)C)NC1CC(C)c2c(C)ccc(O)c21.